The predicted octanol–water partition coefficient (Wildman–Crippen LogP) is 4.70. The lowest BCUT2D eigenvalue weighted by Crippen LogP contribution is -2.04. The minimum absolute atomic E-state index is 0.0442. The first-order chi connectivity index (χ1) is 11.3. The Kier molecular flexibility index (Phi) is 5.00. The highest BCUT2D eigenvalue weighted by Crippen LogP contribution is 2.36. The number of rotatable bonds is 3. The van der Waals surface area contributed by atoms with Gasteiger partial charge in [0.25, 0.3) is 0 Å². The maximum absolute atomic E-state index is 12.8. The number of hydrogen-bond donors (Lipinski definition) is 0. The average molecular weight is 356 g/mol. The van der Waals surface area contributed by atoms with Crippen LogP contribution < -0.4 is 0 Å². The number of nitriles is 1. The van der Waals surface area contributed by atoms with Gasteiger partial charge >= 0.3 is 12.1 Å². The molecule has 1 heterocycles. The Balaban J connectivity index is 2.43. The van der Waals surface area contributed by atoms with E-state index in [0.717, 1.165) is 31.4 Å². The van der Waals surface area contributed by atoms with Crippen molar-refractivity contribution < 1.29 is 27.1 Å². The largest absolute Gasteiger partial charge is 0.465 e. The molecule has 124 valence electrons. The Bertz CT molecular complexity index is 847. The summed E-state index contributed by atoms with van der Waals surface area (Å²) in [6.07, 6.45) is -3.40. The van der Waals surface area contributed by atoms with Gasteiger partial charge in [-0.3, -0.25) is 0 Å². The summed E-state index contributed by atoms with van der Waals surface area (Å²) < 4.78 is 48.2. The zero-order chi connectivity index (χ0) is 17.9. The van der Waals surface area contributed by atoms with E-state index < -0.39 is 17.7 Å². The monoisotopic (exact) mass is 355 g/mol. The van der Waals surface area contributed by atoms with Crippen LogP contribution in [0.2, 0.25) is 5.02 Å². The molecule has 0 radical (unpaired) electrons. The first kappa shape index (κ1) is 17.6. The number of carbonyl (C=O) groups is 1. The summed E-state index contributed by atoms with van der Waals surface area (Å²) in [6, 6.07) is 7.27. The minimum atomic E-state index is -4.52. The third kappa shape index (κ3) is 3.78. The Hall–Kier alpha value is -2.72. The minimum Gasteiger partial charge on any atom is -0.465 e. The molecular weight excluding hydrogens is 347 g/mol. The average Bonchev–Trinajstić information content (AvgIpc) is 2.99. The number of carbonyl (C=O) groups excluding carboxylic acids is 1. The second-order valence-corrected chi connectivity index (χ2v) is 4.96. The predicted molar refractivity (Wildman–Crippen MR) is 79.8 cm³/mol. The van der Waals surface area contributed by atoms with Crippen LogP contribution in [-0.2, 0) is 15.7 Å². The standard InChI is InChI=1S/C16H9ClF3NO3/c1-23-15(22)9(8-21)6-11-3-5-14(24-11)12-7-10(16(18,19)20)2-4-13(12)17/h2-7H,1H3. The Morgan fingerprint density at radius 2 is 2.04 bits per heavy atom. The van der Waals surface area contributed by atoms with Gasteiger partial charge in [-0.2, -0.15) is 18.4 Å². The van der Waals surface area contributed by atoms with Crippen molar-refractivity contribution in [1.82, 2.24) is 0 Å². The fraction of sp³-hybridized carbons (Fsp3) is 0.125. The van der Waals surface area contributed by atoms with Gasteiger partial charge < -0.3 is 9.15 Å². The van der Waals surface area contributed by atoms with Crippen LogP contribution in [0.15, 0.2) is 40.3 Å². The zero-order valence-electron chi connectivity index (χ0n) is 12.1. The summed E-state index contributed by atoms with van der Waals surface area (Å²) in [5.74, 6) is -0.688. The topological polar surface area (TPSA) is 63.2 Å². The third-order valence-electron chi connectivity index (χ3n) is 3.00. The first-order valence-corrected chi connectivity index (χ1v) is 6.81. The van der Waals surface area contributed by atoms with E-state index in [1.807, 2.05) is 0 Å². The molecule has 0 aliphatic heterocycles. The van der Waals surface area contributed by atoms with Crippen molar-refractivity contribution in [3.8, 4) is 17.4 Å². The molecule has 0 spiro atoms. The maximum atomic E-state index is 12.8. The molecule has 0 amide bonds. The lowest BCUT2D eigenvalue weighted by molar-refractivity contribution is -0.137. The van der Waals surface area contributed by atoms with E-state index >= 15 is 0 Å². The molecule has 4 nitrogen and oxygen atoms in total. The van der Waals surface area contributed by atoms with Gasteiger partial charge in [0.05, 0.1) is 17.7 Å². The molecule has 0 aliphatic carbocycles. The van der Waals surface area contributed by atoms with Crippen LogP contribution in [-0.4, -0.2) is 13.1 Å². The molecule has 0 bridgehead atoms. The fourth-order valence-corrected chi connectivity index (χ4v) is 2.07. The molecule has 0 atom stereocenters. The van der Waals surface area contributed by atoms with Crippen LogP contribution in [0.1, 0.15) is 11.3 Å². The van der Waals surface area contributed by atoms with E-state index in [2.05, 4.69) is 4.74 Å². The van der Waals surface area contributed by atoms with Crippen LogP contribution in [0.4, 0.5) is 13.2 Å². The lowest BCUT2D eigenvalue weighted by atomic mass is 10.1. The number of ether oxygens (including phenoxy) is 1. The highest BCUT2D eigenvalue weighted by Gasteiger charge is 2.31. The number of alkyl halides is 3. The number of furan rings is 1. The van der Waals surface area contributed by atoms with Crippen molar-refractivity contribution in [2.24, 2.45) is 0 Å². The van der Waals surface area contributed by atoms with Gasteiger partial charge in [-0.05, 0) is 30.3 Å². The van der Waals surface area contributed by atoms with Crippen LogP contribution in [0.25, 0.3) is 17.4 Å². The molecule has 1 aromatic heterocycles. The number of nitrogens with zero attached hydrogens (tertiary/aromatic N) is 1. The van der Waals surface area contributed by atoms with Gasteiger partial charge in [-0.25, -0.2) is 4.79 Å². The lowest BCUT2D eigenvalue weighted by Gasteiger charge is -2.09. The highest BCUT2D eigenvalue weighted by atomic mass is 35.5. The molecule has 2 aromatic rings. The van der Waals surface area contributed by atoms with Gasteiger partial charge in [0, 0.05) is 11.6 Å². The van der Waals surface area contributed by atoms with Gasteiger partial charge in [-0.1, -0.05) is 11.6 Å². The fourth-order valence-electron chi connectivity index (χ4n) is 1.85. The highest BCUT2D eigenvalue weighted by molar-refractivity contribution is 6.33. The maximum Gasteiger partial charge on any atom is 0.416 e. The summed E-state index contributed by atoms with van der Waals surface area (Å²) in [5, 5.41) is 8.95. The Labute approximate surface area is 139 Å². The van der Waals surface area contributed by atoms with Gasteiger partial charge in [0.2, 0.25) is 0 Å². The second kappa shape index (κ2) is 6.81. The number of methoxy groups -OCH3 is 1. The molecule has 0 unspecified atom stereocenters. The van der Waals surface area contributed by atoms with Crippen molar-refractivity contribution in [3.63, 3.8) is 0 Å². The molecule has 24 heavy (non-hydrogen) atoms. The quantitative estimate of drug-likeness (QED) is 0.455. The van der Waals surface area contributed by atoms with Crippen molar-refractivity contribution in [3.05, 3.63) is 52.3 Å². The summed E-state index contributed by atoms with van der Waals surface area (Å²) in [4.78, 5) is 11.3. The van der Waals surface area contributed by atoms with Crippen LogP contribution in [0.3, 0.4) is 0 Å². The van der Waals surface area contributed by atoms with E-state index in [1.54, 1.807) is 6.07 Å². The van der Waals surface area contributed by atoms with Crippen LogP contribution in [0.5, 0.6) is 0 Å². The summed E-state index contributed by atoms with van der Waals surface area (Å²) in [5.41, 5.74) is -1.14. The van der Waals surface area contributed by atoms with Gasteiger partial charge in [0.15, 0.2) is 0 Å². The summed E-state index contributed by atoms with van der Waals surface area (Å²) >= 11 is 5.93. The Morgan fingerprint density at radius 1 is 1.33 bits per heavy atom. The normalized spacial score (nSPS) is 11.9. The SMILES string of the molecule is COC(=O)C(C#N)=Cc1ccc(-c2cc(C(F)(F)F)ccc2Cl)o1. The second-order valence-electron chi connectivity index (χ2n) is 4.56. The molecule has 8 heteroatoms. The smallest absolute Gasteiger partial charge is 0.416 e. The molecular formula is C16H9ClF3NO3. The molecule has 0 aliphatic rings. The first-order valence-electron chi connectivity index (χ1n) is 6.43. The molecule has 0 N–H and O–H groups in total. The van der Waals surface area contributed by atoms with Gasteiger partial charge in [-0.15, -0.1) is 0 Å². The number of benzene rings is 1. The van der Waals surface area contributed by atoms with Crippen molar-refractivity contribution in [2.75, 3.05) is 7.11 Å². The van der Waals surface area contributed by atoms with Gasteiger partial charge in [0.1, 0.15) is 23.2 Å². The van der Waals surface area contributed by atoms with Crippen molar-refractivity contribution in [2.45, 2.75) is 6.18 Å². The van der Waals surface area contributed by atoms with E-state index in [-0.39, 0.29) is 27.7 Å². The molecule has 2 rings (SSSR count). The molecule has 0 saturated carbocycles. The van der Waals surface area contributed by atoms with E-state index in [0.29, 0.717) is 0 Å². The number of hydrogen-bond acceptors (Lipinski definition) is 4. The van der Waals surface area contributed by atoms with Crippen molar-refractivity contribution >= 4 is 23.6 Å². The van der Waals surface area contributed by atoms with Crippen molar-refractivity contribution in [1.29, 1.82) is 5.26 Å². The van der Waals surface area contributed by atoms with E-state index in [1.165, 1.54) is 12.1 Å². The molecule has 0 saturated heterocycles. The Morgan fingerprint density at radius 3 is 2.62 bits per heavy atom. The third-order valence-corrected chi connectivity index (χ3v) is 3.33. The summed E-state index contributed by atoms with van der Waals surface area (Å²) in [6.45, 7) is 0. The number of esters is 1. The zero-order valence-corrected chi connectivity index (χ0v) is 12.9. The molecule has 0 fully saturated rings. The van der Waals surface area contributed by atoms with E-state index in [9.17, 15) is 18.0 Å². The van der Waals surface area contributed by atoms with Crippen LogP contribution in [0, 0.1) is 11.3 Å². The van der Waals surface area contributed by atoms with Crippen LogP contribution >= 0.6 is 11.6 Å². The molecule has 1 aromatic carbocycles. The van der Waals surface area contributed by atoms with E-state index in [4.69, 9.17) is 21.3 Å². The number of halogens is 4. The summed E-state index contributed by atoms with van der Waals surface area (Å²) in [7, 11) is 1.11.